The summed E-state index contributed by atoms with van der Waals surface area (Å²) in [4.78, 5) is 17.2. The number of hydrogen-bond acceptors (Lipinski definition) is 5. The van der Waals surface area contributed by atoms with Gasteiger partial charge in [0.1, 0.15) is 12.4 Å². The summed E-state index contributed by atoms with van der Waals surface area (Å²) in [5.41, 5.74) is 2.82. The summed E-state index contributed by atoms with van der Waals surface area (Å²) in [6.07, 6.45) is 0. The lowest BCUT2D eigenvalue weighted by Gasteiger charge is -2.29. The molecule has 1 fully saturated rings. The number of para-hydroxylation sites is 1. The van der Waals surface area contributed by atoms with Gasteiger partial charge in [-0.1, -0.05) is 24.3 Å². The van der Waals surface area contributed by atoms with Gasteiger partial charge in [-0.2, -0.15) is 0 Å². The van der Waals surface area contributed by atoms with E-state index in [1.54, 1.807) is 6.07 Å². The molecule has 29 heavy (non-hydrogen) atoms. The number of amides is 1. The average Bonchev–Trinajstić information content (AvgIpc) is 2.74. The van der Waals surface area contributed by atoms with E-state index in [2.05, 4.69) is 34.5 Å². The van der Waals surface area contributed by atoms with Crippen LogP contribution in [0, 0.1) is 0 Å². The van der Waals surface area contributed by atoms with Gasteiger partial charge in [-0.15, -0.1) is 0 Å². The van der Waals surface area contributed by atoms with E-state index in [0.717, 1.165) is 38.4 Å². The highest BCUT2D eigenvalue weighted by Crippen LogP contribution is 2.22. The molecule has 2 aromatic carbocycles. The fourth-order valence-corrected chi connectivity index (χ4v) is 3.27. The van der Waals surface area contributed by atoms with Gasteiger partial charge in [0.15, 0.2) is 0 Å². The fourth-order valence-electron chi connectivity index (χ4n) is 3.27. The van der Waals surface area contributed by atoms with Gasteiger partial charge in [0, 0.05) is 25.3 Å². The minimum Gasteiger partial charge on any atom is -0.491 e. The molecule has 0 spiro atoms. The number of nitrogens with zero attached hydrogens (tertiary/aromatic N) is 2. The van der Waals surface area contributed by atoms with Crippen LogP contribution in [0.3, 0.4) is 0 Å². The standard InChI is InChI=1S/C23H31N3O3/c1-18(19-8-10-20(11-9-19)26-13-15-28-16-14-26)24-23(27)21-6-4-5-7-22(21)29-17-12-25(2)3/h4-11,18H,12-17H2,1-3H3,(H,24,27). The van der Waals surface area contributed by atoms with Crippen LogP contribution in [0.15, 0.2) is 48.5 Å². The minimum atomic E-state index is -0.129. The molecule has 1 heterocycles. The number of hydrogen-bond donors (Lipinski definition) is 1. The summed E-state index contributed by atoms with van der Waals surface area (Å²) >= 11 is 0. The predicted molar refractivity (Wildman–Crippen MR) is 116 cm³/mol. The normalized spacial score (nSPS) is 15.2. The van der Waals surface area contributed by atoms with Gasteiger partial charge in [0.05, 0.1) is 24.8 Å². The van der Waals surface area contributed by atoms with Crippen molar-refractivity contribution in [2.24, 2.45) is 0 Å². The predicted octanol–water partition coefficient (Wildman–Crippen LogP) is 2.95. The van der Waals surface area contributed by atoms with Crippen molar-refractivity contribution < 1.29 is 14.3 Å². The lowest BCUT2D eigenvalue weighted by Crippen LogP contribution is -2.36. The molecule has 0 saturated carbocycles. The Morgan fingerprint density at radius 3 is 2.52 bits per heavy atom. The first-order valence-electron chi connectivity index (χ1n) is 10.1. The maximum absolute atomic E-state index is 12.8. The van der Waals surface area contributed by atoms with Crippen LogP contribution in [0.4, 0.5) is 5.69 Å². The molecule has 6 nitrogen and oxygen atoms in total. The molecule has 2 aromatic rings. The Balaban J connectivity index is 1.61. The number of ether oxygens (including phenoxy) is 2. The van der Waals surface area contributed by atoms with E-state index >= 15 is 0 Å². The number of carbonyl (C=O) groups is 1. The summed E-state index contributed by atoms with van der Waals surface area (Å²) in [5, 5.41) is 3.09. The SMILES string of the molecule is CC(NC(=O)c1ccccc1OCCN(C)C)c1ccc(N2CCOCC2)cc1. The molecule has 1 atom stereocenters. The van der Waals surface area contributed by atoms with Crippen molar-refractivity contribution in [2.45, 2.75) is 13.0 Å². The first-order chi connectivity index (χ1) is 14.0. The highest BCUT2D eigenvalue weighted by molar-refractivity contribution is 5.97. The van der Waals surface area contributed by atoms with Gasteiger partial charge in [-0.25, -0.2) is 0 Å². The summed E-state index contributed by atoms with van der Waals surface area (Å²) in [6.45, 7) is 6.69. The van der Waals surface area contributed by atoms with Gasteiger partial charge < -0.3 is 24.6 Å². The monoisotopic (exact) mass is 397 g/mol. The lowest BCUT2D eigenvalue weighted by molar-refractivity contribution is 0.0935. The van der Waals surface area contributed by atoms with E-state index in [9.17, 15) is 4.79 Å². The van der Waals surface area contributed by atoms with Crippen LogP contribution in [-0.2, 0) is 4.74 Å². The van der Waals surface area contributed by atoms with Crippen LogP contribution >= 0.6 is 0 Å². The van der Waals surface area contributed by atoms with Crippen molar-refractivity contribution in [3.05, 3.63) is 59.7 Å². The minimum absolute atomic E-state index is 0.101. The maximum Gasteiger partial charge on any atom is 0.255 e. The Labute approximate surface area is 173 Å². The van der Waals surface area contributed by atoms with Gasteiger partial charge in [-0.3, -0.25) is 4.79 Å². The van der Waals surface area contributed by atoms with Crippen LogP contribution < -0.4 is 15.0 Å². The smallest absolute Gasteiger partial charge is 0.255 e. The molecule has 0 radical (unpaired) electrons. The zero-order chi connectivity index (χ0) is 20.6. The Morgan fingerprint density at radius 1 is 1.14 bits per heavy atom. The molecule has 6 heteroatoms. The van der Waals surface area contributed by atoms with Crippen molar-refractivity contribution >= 4 is 11.6 Å². The van der Waals surface area contributed by atoms with Gasteiger partial charge in [-0.05, 0) is 50.8 Å². The van der Waals surface area contributed by atoms with Crippen LogP contribution in [0.5, 0.6) is 5.75 Å². The van der Waals surface area contributed by atoms with Crippen molar-refractivity contribution in [3.8, 4) is 5.75 Å². The second-order valence-electron chi connectivity index (χ2n) is 7.53. The highest BCUT2D eigenvalue weighted by atomic mass is 16.5. The third-order valence-electron chi connectivity index (χ3n) is 5.04. The number of benzene rings is 2. The molecule has 1 saturated heterocycles. The quantitative estimate of drug-likeness (QED) is 0.742. The fraction of sp³-hybridized carbons (Fsp3) is 0.435. The third-order valence-corrected chi connectivity index (χ3v) is 5.04. The Hall–Kier alpha value is -2.57. The van der Waals surface area contributed by atoms with E-state index in [-0.39, 0.29) is 11.9 Å². The van der Waals surface area contributed by atoms with Crippen molar-refractivity contribution in [2.75, 3.05) is 58.5 Å². The van der Waals surface area contributed by atoms with Gasteiger partial charge in [0.25, 0.3) is 5.91 Å². The molecule has 1 amide bonds. The first kappa shape index (κ1) is 21.1. The van der Waals surface area contributed by atoms with E-state index in [1.165, 1.54) is 5.69 Å². The Kier molecular flexibility index (Phi) is 7.49. The van der Waals surface area contributed by atoms with Crippen molar-refractivity contribution in [1.82, 2.24) is 10.2 Å². The Bertz CT molecular complexity index is 786. The largest absolute Gasteiger partial charge is 0.491 e. The topological polar surface area (TPSA) is 54.0 Å². The van der Waals surface area contributed by atoms with Gasteiger partial charge >= 0.3 is 0 Å². The number of nitrogens with one attached hydrogen (secondary N) is 1. The van der Waals surface area contributed by atoms with E-state index < -0.39 is 0 Å². The second kappa shape index (κ2) is 10.3. The number of anilines is 1. The van der Waals surface area contributed by atoms with E-state index in [0.29, 0.717) is 17.9 Å². The first-order valence-corrected chi connectivity index (χ1v) is 10.1. The van der Waals surface area contributed by atoms with Crippen LogP contribution in [0.1, 0.15) is 28.9 Å². The van der Waals surface area contributed by atoms with Crippen LogP contribution in [0.2, 0.25) is 0 Å². The maximum atomic E-state index is 12.8. The van der Waals surface area contributed by atoms with Gasteiger partial charge in [0.2, 0.25) is 0 Å². The summed E-state index contributed by atoms with van der Waals surface area (Å²) in [7, 11) is 3.99. The molecule has 0 aromatic heterocycles. The summed E-state index contributed by atoms with van der Waals surface area (Å²) in [6, 6.07) is 15.7. The molecule has 156 valence electrons. The summed E-state index contributed by atoms with van der Waals surface area (Å²) < 4.78 is 11.2. The van der Waals surface area contributed by atoms with Crippen molar-refractivity contribution in [1.29, 1.82) is 0 Å². The molecule has 1 unspecified atom stereocenters. The molecule has 1 aliphatic heterocycles. The van der Waals surface area contributed by atoms with E-state index in [1.807, 2.05) is 44.1 Å². The molecule has 0 aliphatic carbocycles. The lowest BCUT2D eigenvalue weighted by atomic mass is 10.1. The van der Waals surface area contributed by atoms with E-state index in [4.69, 9.17) is 9.47 Å². The molecule has 3 rings (SSSR count). The Morgan fingerprint density at radius 2 is 1.83 bits per heavy atom. The molecular weight excluding hydrogens is 366 g/mol. The number of morpholine rings is 1. The molecular formula is C23H31N3O3. The molecule has 0 bridgehead atoms. The summed E-state index contributed by atoms with van der Waals surface area (Å²) in [5.74, 6) is 0.483. The second-order valence-corrected chi connectivity index (χ2v) is 7.53. The third kappa shape index (κ3) is 5.95. The highest BCUT2D eigenvalue weighted by Gasteiger charge is 2.16. The molecule has 1 N–H and O–H groups in total. The number of likely N-dealkylation sites (N-methyl/N-ethyl adjacent to an activating group) is 1. The zero-order valence-electron chi connectivity index (χ0n) is 17.6. The van der Waals surface area contributed by atoms with Crippen LogP contribution in [-0.4, -0.2) is 64.4 Å². The molecule has 1 aliphatic rings. The van der Waals surface area contributed by atoms with Crippen molar-refractivity contribution in [3.63, 3.8) is 0 Å². The number of carbonyl (C=O) groups excluding carboxylic acids is 1. The number of rotatable bonds is 8. The van der Waals surface area contributed by atoms with Crippen LogP contribution in [0.25, 0.3) is 0 Å². The average molecular weight is 398 g/mol. The zero-order valence-corrected chi connectivity index (χ0v) is 17.6.